The van der Waals surface area contributed by atoms with Crippen LogP contribution in [-0.2, 0) is 14.6 Å². The van der Waals surface area contributed by atoms with Gasteiger partial charge in [0.1, 0.15) is 5.75 Å². The van der Waals surface area contributed by atoms with Crippen LogP contribution in [0.25, 0.3) is 0 Å². The quantitative estimate of drug-likeness (QED) is 0.802. The van der Waals surface area contributed by atoms with Gasteiger partial charge >= 0.3 is 0 Å². The molecule has 2 atom stereocenters. The number of halogens is 1. The van der Waals surface area contributed by atoms with Crippen LogP contribution in [0.5, 0.6) is 0 Å². The van der Waals surface area contributed by atoms with E-state index in [4.69, 9.17) is 5.73 Å². The van der Waals surface area contributed by atoms with E-state index < -0.39 is 15.6 Å². The van der Waals surface area contributed by atoms with Gasteiger partial charge in [-0.15, -0.1) is 12.4 Å². The number of piperidine rings is 1. The number of carbonyl (C=O) groups excluding carboxylic acids is 1. The van der Waals surface area contributed by atoms with E-state index in [1.807, 2.05) is 6.92 Å². The number of carbonyl (C=O) groups is 1. The third-order valence-corrected chi connectivity index (χ3v) is 3.63. The number of sulfone groups is 1. The van der Waals surface area contributed by atoms with Crippen molar-refractivity contribution >= 4 is 28.2 Å². The molecule has 0 aromatic heterocycles. The summed E-state index contributed by atoms with van der Waals surface area (Å²) in [5.74, 6) is -0.722. The predicted molar refractivity (Wildman–Crippen MR) is 70.0 cm³/mol. The van der Waals surface area contributed by atoms with E-state index in [9.17, 15) is 13.2 Å². The number of nitrogens with two attached hydrogens (primary N) is 1. The molecule has 2 unspecified atom stereocenters. The Kier molecular flexibility index (Phi) is 6.43. The highest BCUT2D eigenvalue weighted by molar-refractivity contribution is 7.91. The summed E-state index contributed by atoms with van der Waals surface area (Å²) in [5.41, 5.74) is 5.82. The molecule has 7 heteroatoms. The summed E-state index contributed by atoms with van der Waals surface area (Å²) in [6.45, 7) is 2.48. The van der Waals surface area contributed by atoms with Crippen molar-refractivity contribution in [2.75, 3.05) is 18.6 Å². The van der Waals surface area contributed by atoms with Crippen molar-refractivity contribution < 1.29 is 13.2 Å². The zero-order chi connectivity index (χ0) is 12.3. The molecule has 102 valence electrons. The largest absolute Gasteiger partial charge is 0.337 e. The molecule has 1 heterocycles. The van der Waals surface area contributed by atoms with E-state index in [0.29, 0.717) is 6.54 Å². The van der Waals surface area contributed by atoms with Crippen LogP contribution in [-0.4, -0.2) is 49.9 Å². The number of amides is 1. The van der Waals surface area contributed by atoms with Gasteiger partial charge in [0.15, 0.2) is 9.84 Å². The Morgan fingerprint density at radius 3 is 2.53 bits per heavy atom. The van der Waals surface area contributed by atoms with Crippen molar-refractivity contribution in [3.63, 3.8) is 0 Å². The van der Waals surface area contributed by atoms with Crippen LogP contribution in [0.4, 0.5) is 0 Å². The van der Waals surface area contributed by atoms with Gasteiger partial charge in [-0.05, 0) is 26.2 Å². The molecule has 0 saturated carbocycles. The molecular weight excluding hydrogens is 264 g/mol. The summed E-state index contributed by atoms with van der Waals surface area (Å²) in [4.78, 5) is 13.5. The van der Waals surface area contributed by atoms with Crippen LogP contribution < -0.4 is 5.73 Å². The monoisotopic (exact) mass is 284 g/mol. The average molecular weight is 285 g/mol. The normalized spacial score (nSPS) is 22.8. The fourth-order valence-electron chi connectivity index (χ4n) is 2.12. The van der Waals surface area contributed by atoms with Crippen molar-refractivity contribution in [1.82, 2.24) is 4.90 Å². The van der Waals surface area contributed by atoms with Gasteiger partial charge in [0.25, 0.3) is 0 Å². The van der Waals surface area contributed by atoms with Crippen molar-refractivity contribution in [3.05, 3.63) is 0 Å². The van der Waals surface area contributed by atoms with Crippen LogP contribution in [0, 0.1) is 0 Å². The molecule has 1 aliphatic heterocycles. The van der Waals surface area contributed by atoms with E-state index in [1.165, 1.54) is 0 Å². The Balaban J connectivity index is 0.00000256. The maximum atomic E-state index is 11.8. The summed E-state index contributed by atoms with van der Waals surface area (Å²) >= 11 is 0. The van der Waals surface area contributed by atoms with E-state index in [-0.39, 0.29) is 30.4 Å². The summed E-state index contributed by atoms with van der Waals surface area (Å²) in [5, 5.41) is 0. The van der Waals surface area contributed by atoms with Crippen molar-refractivity contribution in [3.8, 4) is 0 Å². The second-order valence-electron chi connectivity index (χ2n) is 4.58. The summed E-state index contributed by atoms with van der Waals surface area (Å²) in [6, 6.07) is -0.119. The van der Waals surface area contributed by atoms with Gasteiger partial charge in [-0.1, -0.05) is 0 Å². The summed E-state index contributed by atoms with van der Waals surface area (Å²) < 4.78 is 22.2. The van der Waals surface area contributed by atoms with Gasteiger partial charge in [-0.2, -0.15) is 0 Å². The molecule has 1 saturated heterocycles. The number of likely N-dealkylation sites (tertiary alicyclic amines) is 1. The Hall–Kier alpha value is -0.330. The van der Waals surface area contributed by atoms with E-state index in [1.54, 1.807) is 4.90 Å². The molecule has 0 aliphatic carbocycles. The number of hydrogen-bond acceptors (Lipinski definition) is 4. The Labute approximate surface area is 109 Å². The van der Waals surface area contributed by atoms with Crippen LogP contribution in [0.1, 0.15) is 26.2 Å². The zero-order valence-electron chi connectivity index (χ0n) is 10.3. The predicted octanol–water partition coefficient (Wildman–Crippen LogP) is 0.181. The van der Waals surface area contributed by atoms with E-state index in [2.05, 4.69) is 0 Å². The number of rotatable bonds is 3. The van der Waals surface area contributed by atoms with Crippen LogP contribution in [0.2, 0.25) is 0 Å². The van der Waals surface area contributed by atoms with Gasteiger partial charge < -0.3 is 10.6 Å². The van der Waals surface area contributed by atoms with Crippen LogP contribution in [0.15, 0.2) is 0 Å². The third-order valence-electron chi connectivity index (χ3n) is 2.86. The van der Waals surface area contributed by atoms with Crippen molar-refractivity contribution in [2.24, 2.45) is 5.73 Å². The molecule has 1 rings (SSSR count). The standard InChI is InChI=1S/C10H20N2O3S.ClH/c1-8(11)9-5-3-4-6-12(9)10(13)7-16(2,14)15;/h8-9H,3-7,11H2,1-2H3;1H. The molecule has 0 spiro atoms. The summed E-state index contributed by atoms with van der Waals surface area (Å²) in [6.07, 6.45) is 3.93. The molecule has 5 nitrogen and oxygen atoms in total. The molecule has 1 aliphatic rings. The smallest absolute Gasteiger partial charge is 0.238 e. The highest BCUT2D eigenvalue weighted by atomic mass is 35.5. The first-order valence-corrected chi connectivity index (χ1v) is 7.60. The first-order valence-electron chi connectivity index (χ1n) is 5.54. The molecule has 1 fully saturated rings. The second kappa shape index (κ2) is 6.56. The van der Waals surface area contributed by atoms with Crippen molar-refractivity contribution in [2.45, 2.75) is 38.3 Å². The lowest BCUT2D eigenvalue weighted by Gasteiger charge is -2.38. The maximum Gasteiger partial charge on any atom is 0.238 e. The molecule has 0 aromatic rings. The topological polar surface area (TPSA) is 80.5 Å². The van der Waals surface area contributed by atoms with Crippen LogP contribution in [0.3, 0.4) is 0 Å². The minimum absolute atomic E-state index is 0. The first-order chi connectivity index (χ1) is 7.31. The molecule has 0 radical (unpaired) electrons. The van der Waals surface area contributed by atoms with Crippen molar-refractivity contribution in [1.29, 1.82) is 0 Å². The lowest BCUT2D eigenvalue weighted by Crippen LogP contribution is -2.53. The molecule has 0 aromatic carbocycles. The Morgan fingerprint density at radius 1 is 1.47 bits per heavy atom. The minimum atomic E-state index is -3.25. The lowest BCUT2D eigenvalue weighted by atomic mass is 9.97. The fraction of sp³-hybridized carbons (Fsp3) is 0.900. The first kappa shape index (κ1) is 16.7. The average Bonchev–Trinajstić information content (AvgIpc) is 2.15. The molecular formula is C10H21ClN2O3S. The third kappa shape index (κ3) is 5.23. The van der Waals surface area contributed by atoms with Gasteiger partial charge in [0.05, 0.1) is 0 Å². The van der Waals surface area contributed by atoms with Crippen LogP contribution >= 0.6 is 12.4 Å². The van der Waals surface area contributed by atoms with E-state index >= 15 is 0 Å². The highest BCUT2D eigenvalue weighted by Gasteiger charge is 2.30. The number of hydrogen-bond donors (Lipinski definition) is 1. The second-order valence-corrected chi connectivity index (χ2v) is 6.72. The summed E-state index contributed by atoms with van der Waals surface area (Å²) in [7, 11) is -3.25. The SMILES string of the molecule is CC(N)C1CCCCN1C(=O)CS(C)(=O)=O.Cl. The molecule has 1 amide bonds. The zero-order valence-corrected chi connectivity index (χ0v) is 11.9. The number of nitrogens with zero attached hydrogens (tertiary/aromatic N) is 1. The fourth-order valence-corrected chi connectivity index (χ4v) is 2.74. The van der Waals surface area contributed by atoms with E-state index in [0.717, 1.165) is 25.5 Å². The molecule has 17 heavy (non-hydrogen) atoms. The Morgan fingerprint density at radius 2 is 2.06 bits per heavy atom. The molecule has 0 bridgehead atoms. The van der Waals surface area contributed by atoms with Gasteiger partial charge in [-0.3, -0.25) is 4.79 Å². The lowest BCUT2D eigenvalue weighted by molar-refractivity contribution is -0.132. The Bertz CT molecular complexity index is 357. The van der Waals surface area contributed by atoms with Gasteiger partial charge in [-0.25, -0.2) is 8.42 Å². The maximum absolute atomic E-state index is 11.8. The van der Waals surface area contributed by atoms with Gasteiger partial charge in [0, 0.05) is 24.9 Å². The van der Waals surface area contributed by atoms with Gasteiger partial charge in [0.2, 0.25) is 5.91 Å². The highest BCUT2D eigenvalue weighted by Crippen LogP contribution is 2.19. The minimum Gasteiger partial charge on any atom is -0.337 e. The molecule has 2 N–H and O–H groups in total.